The number of aromatic nitrogens is 4. The Morgan fingerprint density at radius 2 is 1.07 bits per heavy atom. The summed E-state index contributed by atoms with van der Waals surface area (Å²) in [5, 5.41) is 34.3. The molecule has 2 aromatic carbocycles. The monoisotopic (exact) mass is 1430 g/mol. The number of amides is 5. The minimum Gasteiger partial charge on any atom is -0.480 e. The largest absolute Gasteiger partial charge is 0.480 e. The van der Waals surface area contributed by atoms with Gasteiger partial charge in [-0.05, 0) is 125 Å². The fourth-order valence-electron chi connectivity index (χ4n) is 11.5. The van der Waals surface area contributed by atoms with Crippen molar-refractivity contribution in [3.8, 4) is 12.1 Å². The molecular weight excluding hydrogens is 1350 g/mol. The van der Waals surface area contributed by atoms with Gasteiger partial charge in [0, 0.05) is 71.0 Å². The zero-order chi connectivity index (χ0) is 69.8. The molecule has 4 aromatic rings. The smallest absolute Gasteiger partial charge is 0.451 e. The van der Waals surface area contributed by atoms with E-state index in [4.69, 9.17) is 38.5 Å². The lowest BCUT2D eigenvalue weighted by atomic mass is 9.92. The summed E-state index contributed by atoms with van der Waals surface area (Å²) in [5.41, 5.74) is 7.82. The van der Waals surface area contributed by atoms with Gasteiger partial charge in [-0.2, -0.15) is 45.3 Å². The van der Waals surface area contributed by atoms with Gasteiger partial charge in [0.2, 0.25) is 23.5 Å². The molecule has 5 amide bonds. The molecule has 7 heterocycles. The number of carbonyl (C=O) groups is 5. The molecular formula is C60H78ClF6N15O13S2. The maximum atomic E-state index is 13.9. The second kappa shape index (κ2) is 37.3. The van der Waals surface area contributed by atoms with Gasteiger partial charge in [-0.3, -0.25) is 28.6 Å². The summed E-state index contributed by atoms with van der Waals surface area (Å²) < 4.78 is 136. The third kappa shape index (κ3) is 24.8. The predicted octanol–water partition coefficient (Wildman–Crippen LogP) is 4.83. The minimum atomic E-state index is -4.76. The van der Waals surface area contributed by atoms with Crippen LogP contribution in [0.1, 0.15) is 118 Å². The highest BCUT2D eigenvalue weighted by molar-refractivity contribution is 7.85. The summed E-state index contributed by atoms with van der Waals surface area (Å²) >= 11 is 0. The van der Waals surface area contributed by atoms with Crippen LogP contribution in [0.15, 0.2) is 60.7 Å². The van der Waals surface area contributed by atoms with Gasteiger partial charge >= 0.3 is 35.0 Å². The fraction of sp³-hybridized carbons (Fsp3) is 0.550. The summed E-state index contributed by atoms with van der Waals surface area (Å²) in [5.74, 6) is -4.10. The van der Waals surface area contributed by atoms with E-state index in [2.05, 4.69) is 54.9 Å². The number of carbonyl (C=O) groups excluding carboxylic acids is 4. The molecule has 4 atom stereocenters. The number of urea groups is 1. The Labute approximate surface area is 563 Å². The highest BCUT2D eigenvalue weighted by atomic mass is 35.5. The number of benzene rings is 2. The molecule has 0 spiro atoms. The van der Waals surface area contributed by atoms with Crippen molar-refractivity contribution in [3.05, 3.63) is 94.6 Å². The number of piperidine rings is 2. The molecule has 0 unspecified atom stereocenters. The van der Waals surface area contributed by atoms with E-state index in [0.717, 1.165) is 36.8 Å². The maximum absolute atomic E-state index is 13.9. The Morgan fingerprint density at radius 3 is 1.39 bits per heavy atom. The van der Waals surface area contributed by atoms with E-state index in [1.165, 1.54) is 11.0 Å². The molecule has 5 fully saturated rings. The number of nitrogens with zero attached hydrogens (tertiary/aromatic N) is 11. The van der Waals surface area contributed by atoms with E-state index >= 15 is 0 Å². The number of anilines is 4. The lowest BCUT2D eigenvalue weighted by Crippen LogP contribution is -2.44. The number of alkyl halides is 6. The average molecular weight is 1430 g/mol. The molecule has 0 aliphatic carbocycles. The molecule has 9 N–H and O–H groups in total. The Hall–Kier alpha value is -8.55. The zero-order valence-corrected chi connectivity index (χ0v) is 55.4. The van der Waals surface area contributed by atoms with Crippen LogP contribution in [0.25, 0.3) is 0 Å². The van der Waals surface area contributed by atoms with Gasteiger partial charge in [-0.25, -0.2) is 24.7 Å². The van der Waals surface area contributed by atoms with E-state index in [0.29, 0.717) is 134 Å². The van der Waals surface area contributed by atoms with Crippen molar-refractivity contribution in [1.82, 2.24) is 40.8 Å². The lowest BCUT2D eigenvalue weighted by molar-refractivity contribution is -0.145. The van der Waals surface area contributed by atoms with E-state index < -0.39 is 86.6 Å². The Bertz CT molecular complexity index is 3630. The Balaban J connectivity index is 0.000000342. The Kier molecular flexibility index (Phi) is 31.1. The normalized spacial score (nSPS) is 18.4. The van der Waals surface area contributed by atoms with Crippen molar-refractivity contribution in [2.75, 3.05) is 84.3 Å². The third-order valence-corrected chi connectivity index (χ3v) is 17.2. The van der Waals surface area contributed by atoms with Gasteiger partial charge in [-0.1, -0.05) is 44.0 Å². The van der Waals surface area contributed by atoms with Crippen LogP contribution in [0.3, 0.4) is 0 Å². The molecule has 0 saturated carbocycles. The van der Waals surface area contributed by atoms with Gasteiger partial charge in [0.1, 0.15) is 53.2 Å². The van der Waals surface area contributed by atoms with Crippen LogP contribution in [0.2, 0.25) is 0 Å². The number of nitriles is 2. The summed E-state index contributed by atoms with van der Waals surface area (Å²) in [7, 11) is -7.39. The molecule has 5 saturated heterocycles. The first-order valence-electron chi connectivity index (χ1n) is 30.7. The van der Waals surface area contributed by atoms with Crippen molar-refractivity contribution in [2.45, 2.75) is 134 Å². The number of nitrogens with one attached hydrogen (secondary N) is 3. The van der Waals surface area contributed by atoms with E-state index in [-0.39, 0.29) is 64.8 Å². The standard InChI is InChI=1S/C30H35F3N8O3.C27H33F3N6O.C3H7NO5S.ClH.O3S.H2O/c1-19-27(43)41(29(44)36-19)16-11-21-9-14-39(15-10-21)24-17-25(38-28(37-24)30(31,32)33)40-13-2-3-23(40)26(42)35-12-8-20-4-6-22(18-34)7-5-20;1-2-4-19-11-15-35(16-12-19)23-17-24(34-26(33-23)27(28,29)30)36-14-3-5-22(36)25(37)32-13-10-20-6-8-21(18-31)9-7-20;4-2(3(5)6)1-10(7,8)9;;1-4(2)3;/h4-7,17,19,21,23H,2-3,8-16H2,1H3,(H,35,42)(H,36,44);6-9,17,19,22H,2-5,10-16H2,1H3,(H,32,37);2H,1,4H2,(H,5,6)(H,7,8,9);1H;;1H2/t19-,23-;22-;2-;;;/m000.../s1. The number of nitrogens with two attached hydrogens (primary N) is 1. The molecule has 532 valence electrons. The highest BCUT2D eigenvalue weighted by Crippen LogP contribution is 2.37. The number of imide groups is 1. The maximum Gasteiger partial charge on any atom is 0.451 e. The molecule has 2 aromatic heterocycles. The second-order valence-electron chi connectivity index (χ2n) is 23.2. The van der Waals surface area contributed by atoms with Crippen molar-refractivity contribution in [3.63, 3.8) is 0 Å². The fourth-order valence-corrected chi connectivity index (χ4v) is 12.1. The zero-order valence-electron chi connectivity index (χ0n) is 53.0. The molecule has 0 radical (unpaired) electrons. The minimum absolute atomic E-state index is 0. The van der Waals surface area contributed by atoms with Crippen LogP contribution in [0.5, 0.6) is 0 Å². The van der Waals surface area contributed by atoms with Crippen LogP contribution >= 0.6 is 12.4 Å². The number of hydrogen-bond donors (Lipinski definition) is 6. The van der Waals surface area contributed by atoms with E-state index in [1.807, 2.05) is 29.2 Å². The van der Waals surface area contributed by atoms with E-state index in [1.54, 1.807) is 52.0 Å². The van der Waals surface area contributed by atoms with E-state index in [9.17, 15) is 58.7 Å². The van der Waals surface area contributed by atoms with Gasteiger partial charge in [-0.15, -0.1) is 25.0 Å². The molecule has 5 aliphatic heterocycles. The van der Waals surface area contributed by atoms with Gasteiger partial charge < -0.3 is 51.9 Å². The number of carboxylic acid groups (broad SMARTS) is 1. The third-order valence-electron chi connectivity index (χ3n) is 16.5. The number of hydrogen-bond acceptors (Lipinski definition) is 21. The summed E-state index contributed by atoms with van der Waals surface area (Å²) in [6.45, 7) is 7.95. The first-order valence-corrected chi connectivity index (χ1v) is 33.3. The van der Waals surface area contributed by atoms with Crippen LogP contribution in [-0.4, -0.2) is 180 Å². The predicted molar refractivity (Wildman–Crippen MR) is 342 cm³/mol. The van der Waals surface area contributed by atoms with Crippen molar-refractivity contribution < 1.29 is 86.5 Å². The number of rotatable bonds is 20. The molecule has 97 heavy (non-hydrogen) atoms. The molecule has 28 nitrogen and oxygen atoms in total. The first kappa shape index (κ1) is 80.9. The number of carboxylic acids is 1. The first-order chi connectivity index (χ1) is 44.9. The quantitative estimate of drug-likeness (QED) is 0.0392. The van der Waals surface area contributed by atoms with Crippen LogP contribution in [-0.2, 0) is 65.1 Å². The molecule has 5 aliphatic rings. The molecule has 0 bridgehead atoms. The van der Waals surface area contributed by atoms with Crippen molar-refractivity contribution in [1.29, 1.82) is 10.5 Å². The topological polar surface area (TPSA) is 420 Å². The molecule has 37 heteroatoms. The Morgan fingerprint density at radius 1 is 0.691 bits per heavy atom. The lowest BCUT2D eigenvalue weighted by Gasteiger charge is -2.34. The van der Waals surface area contributed by atoms with Crippen LogP contribution in [0.4, 0.5) is 54.4 Å². The molecule has 9 rings (SSSR count). The second-order valence-corrected chi connectivity index (χ2v) is 25.1. The number of aliphatic carboxylic acids is 1. The van der Waals surface area contributed by atoms with Gasteiger partial charge in [0.05, 0.1) is 23.3 Å². The van der Waals surface area contributed by atoms with Crippen LogP contribution in [0, 0.1) is 34.5 Å². The highest BCUT2D eigenvalue weighted by Gasteiger charge is 2.41. The van der Waals surface area contributed by atoms with Crippen molar-refractivity contribution >= 4 is 86.1 Å². The van der Waals surface area contributed by atoms with Crippen LogP contribution < -0.4 is 41.3 Å². The average Bonchev–Trinajstić information content (AvgIpc) is 1.72. The van der Waals surface area contributed by atoms with Crippen molar-refractivity contribution in [2.24, 2.45) is 17.6 Å². The summed E-state index contributed by atoms with van der Waals surface area (Å²) in [4.78, 5) is 83.9. The summed E-state index contributed by atoms with van der Waals surface area (Å²) in [6, 6.07) is 17.8. The summed E-state index contributed by atoms with van der Waals surface area (Å²) in [6.07, 6.45) is 0.143. The SMILES string of the molecule is CCCC1CCN(c2cc(N3CCC[C@H]3C(=O)NCCc3ccc(C#N)cc3)nc(C(F)(F)F)n2)CC1.C[C@@H]1NC(=O)N(CCC2CCN(c3cc(N4CCC[C@H]4C(=O)NCCc4ccc(C#N)cc4)nc(C(F)(F)F)n3)CC2)C1=O.Cl.N[C@@H](CS(=O)(=O)O)C(=O)O.O.O=S(=O)=O. The van der Waals surface area contributed by atoms with Gasteiger partial charge in [0.15, 0.2) is 0 Å². The van der Waals surface area contributed by atoms with Gasteiger partial charge in [0.25, 0.3) is 16.0 Å². The number of halogens is 7.